The SMILES string of the molecule is NC12CC(C(=O)NCc3ccc(C(F)(F)F)cn3)(C1)C2. The summed E-state index contributed by atoms with van der Waals surface area (Å²) in [5.74, 6) is -0.0773. The Morgan fingerprint density at radius 3 is 2.45 bits per heavy atom. The molecule has 3 aliphatic carbocycles. The van der Waals surface area contributed by atoms with Gasteiger partial charge in [-0.15, -0.1) is 0 Å². The molecule has 1 aromatic heterocycles. The fourth-order valence-corrected chi connectivity index (χ4v) is 3.16. The normalized spacial score (nSPS) is 31.2. The summed E-state index contributed by atoms with van der Waals surface area (Å²) in [5, 5.41) is 2.72. The van der Waals surface area contributed by atoms with Crippen molar-refractivity contribution < 1.29 is 18.0 Å². The van der Waals surface area contributed by atoms with Gasteiger partial charge in [-0.25, -0.2) is 0 Å². The predicted octanol–water partition coefficient (Wildman–Crippen LogP) is 1.60. The van der Waals surface area contributed by atoms with Gasteiger partial charge in [0.1, 0.15) is 0 Å². The molecule has 1 heterocycles. The lowest BCUT2D eigenvalue weighted by atomic mass is 9.39. The maximum absolute atomic E-state index is 12.4. The first-order chi connectivity index (χ1) is 9.23. The molecule has 0 aromatic carbocycles. The molecule has 1 aromatic rings. The number of hydrogen-bond donors (Lipinski definition) is 2. The molecule has 0 saturated heterocycles. The number of carbonyl (C=O) groups is 1. The summed E-state index contributed by atoms with van der Waals surface area (Å²) in [7, 11) is 0. The molecule has 4 nitrogen and oxygen atoms in total. The first-order valence-electron chi connectivity index (χ1n) is 6.32. The maximum Gasteiger partial charge on any atom is 0.417 e. The number of nitrogens with one attached hydrogen (secondary N) is 1. The van der Waals surface area contributed by atoms with Crippen LogP contribution in [0.5, 0.6) is 0 Å². The van der Waals surface area contributed by atoms with E-state index >= 15 is 0 Å². The van der Waals surface area contributed by atoms with Crippen LogP contribution in [0.15, 0.2) is 18.3 Å². The van der Waals surface area contributed by atoms with E-state index in [1.54, 1.807) is 0 Å². The van der Waals surface area contributed by atoms with Crippen molar-refractivity contribution in [1.29, 1.82) is 0 Å². The molecule has 3 aliphatic rings. The average molecular weight is 285 g/mol. The van der Waals surface area contributed by atoms with Gasteiger partial charge in [-0.05, 0) is 31.4 Å². The molecular weight excluding hydrogens is 271 g/mol. The van der Waals surface area contributed by atoms with E-state index in [4.69, 9.17) is 5.73 Å². The number of nitrogens with two attached hydrogens (primary N) is 1. The number of aromatic nitrogens is 1. The van der Waals surface area contributed by atoms with Gasteiger partial charge in [0.2, 0.25) is 5.91 Å². The van der Waals surface area contributed by atoms with Crippen molar-refractivity contribution in [3.05, 3.63) is 29.6 Å². The smallest absolute Gasteiger partial charge is 0.350 e. The molecule has 108 valence electrons. The third kappa shape index (κ3) is 2.06. The van der Waals surface area contributed by atoms with E-state index in [1.165, 1.54) is 6.07 Å². The molecule has 3 saturated carbocycles. The highest BCUT2D eigenvalue weighted by atomic mass is 19.4. The summed E-state index contributed by atoms with van der Waals surface area (Å²) < 4.78 is 37.1. The Balaban J connectivity index is 1.55. The Labute approximate surface area is 113 Å². The van der Waals surface area contributed by atoms with Gasteiger partial charge >= 0.3 is 6.18 Å². The van der Waals surface area contributed by atoms with E-state index in [9.17, 15) is 18.0 Å². The van der Waals surface area contributed by atoms with Crippen molar-refractivity contribution >= 4 is 5.91 Å². The minimum atomic E-state index is -4.39. The van der Waals surface area contributed by atoms with Gasteiger partial charge in [-0.1, -0.05) is 0 Å². The van der Waals surface area contributed by atoms with Gasteiger partial charge in [0.05, 0.1) is 23.2 Å². The fraction of sp³-hybridized carbons (Fsp3) is 0.538. The fourth-order valence-electron chi connectivity index (χ4n) is 3.16. The molecule has 2 bridgehead atoms. The number of alkyl halides is 3. The van der Waals surface area contributed by atoms with Crippen LogP contribution < -0.4 is 11.1 Å². The summed E-state index contributed by atoms with van der Waals surface area (Å²) in [5.41, 5.74) is 5.00. The minimum absolute atomic E-state index is 0.0773. The van der Waals surface area contributed by atoms with Crippen LogP contribution in [0.4, 0.5) is 13.2 Å². The van der Waals surface area contributed by atoms with Gasteiger partial charge in [0.15, 0.2) is 0 Å². The highest BCUT2D eigenvalue weighted by Gasteiger charge is 2.69. The predicted molar refractivity (Wildman–Crippen MR) is 64.3 cm³/mol. The Kier molecular flexibility index (Phi) is 2.63. The second-order valence-electron chi connectivity index (χ2n) is 5.89. The lowest BCUT2D eigenvalue weighted by Gasteiger charge is -2.67. The molecule has 4 rings (SSSR count). The molecule has 1 amide bonds. The molecule has 7 heteroatoms. The zero-order valence-electron chi connectivity index (χ0n) is 10.6. The Morgan fingerprint density at radius 1 is 1.35 bits per heavy atom. The van der Waals surface area contributed by atoms with Crippen molar-refractivity contribution in [2.24, 2.45) is 11.1 Å². The average Bonchev–Trinajstić information content (AvgIpc) is 2.30. The number of nitrogens with zero attached hydrogens (tertiary/aromatic N) is 1. The van der Waals surface area contributed by atoms with Gasteiger partial charge in [0, 0.05) is 11.7 Å². The van der Waals surface area contributed by atoms with Gasteiger partial charge < -0.3 is 11.1 Å². The number of carbonyl (C=O) groups excluding carboxylic acids is 1. The van der Waals surface area contributed by atoms with Crippen molar-refractivity contribution in [2.75, 3.05) is 0 Å². The topological polar surface area (TPSA) is 68.0 Å². The summed E-state index contributed by atoms with van der Waals surface area (Å²) in [6.45, 7) is 0.135. The van der Waals surface area contributed by atoms with E-state index in [-0.39, 0.29) is 23.4 Å². The molecule has 0 aliphatic heterocycles. The summed E-state index contributed by atoms with van der Waals surface area (Å²) in [4.78, 5) is 15.7. The Morgan fingerprint density at radius 2 is 2.00 bits per heavy atom. The summed E-state index contributed by atoms with van der Waals surface area (Å²) in [6, 6.07) is 2.24. The van der Waals surface area contributed by atoms with E-state index in [1.807, 2.05) is 0 Å². The summed E-state index contributed by atoms with van der Waals surface area (Å²) >= 11 is 0. The van der Waals surface area contributed by atoms with Crippen LogP contribution in [0.25, 0.3) is 0 Å². The molecular formula is C13H14F3N3O. The highest BCUT2D eigenvalue weighted by molar-refractivity contribution is 5.87. The van der Waals surface area contributed by atoms with Gasteiger partial charge in [-0.2, -0.15) is 13.2 Å². The van der Waals surface area contributed by atoms with Crippen molar-refractivity contribution in [3.8, 4) is 0 Å². The van der Waals surface area contributed by atoms with Crippen LogP contribution in [-0.2, 0) is 17.5 Å². The number of rotatable bonds is 3. The maximum atomic E-state index is 12.4. The van der Waals surface area contributed by atoms with Crippen LogP contribution in [-0.4, -0.2) is 16.4 Å². The third-order valence-corrected chi connectivity index (χ3v) is 4.14. The first kappa shape index (κ1) is 13.4. The quantitative estimate of drug-likeness (QED) is 0.886. The van der Waals surface area contributed by atoms with Crippen molar-refractivity contribution in [2.45, 2.75) is 37.5 Å². The van der Waals surface area contributed by atoms with Crippen LogP contribution in [0.2, 0.25) is 0 Å². The molecule has 0 unspecified atom stereocenters. The Bertz CT molecular complexity index is 533. The lowest BCUT2D eigenvalue weighted by Crippen LogP contribution is -2.76. The largest absolute Gasteiger partial charge is 0.417 e. The third-order valence-electron chi connectivity index (χ3n) is 4.14. The monoisotopic (exact) mass is 285 g/mol. The molecule has 0 spiro atoms. The number of amides is 1. The zero-order valence-corrected chi connectivity index (χ0v) is 10.6. The number of pyridine rings is 1. The molecule has 0 radical (unpaired) electrons. The number of hydrogen-bond acceptors (Lipinski definition) is 3. The second-order valence-corrected chi connectivity index (χ2v) is 5.89. The Hall–Kier alpha value is -1.63. The minimum Gasteiger partial charge on any atom is -0.350 e. The molecule has 20 heavy (non-hydrogen) atoms. The van der Waals surface area contributed by atoms with Crippen molar-refractivity contribution in [3.63, 3.8) is 0 Å². The zero-order chi connectivity index (χ0) is 14.6. The summed E-state index contributed by atoms with van der Waals surface area (Å²) in [6.07, 6.45) is -1.52. The van der Waals surface area contributed by atoms with Crippen LogP contribution in [0, 0.1) is 5.41 Å². The van der Waals surface area contributed by atoms with E-state index in [0.29, 0.717) is 25.0 Å². The lowest BCUT2D eigenvalue weighted by molar-refractivity contribution is -0.172. The first-order valence-corrected chi connectivity index (χ1v) is 6.32. The van der Waals surface area contributed by atoms with E-state index in [2.05, 4.69) is 10.3 Å². The van der Waals surface area contributed by atoms with Crippen LogP contribution in [0.1, 0.15) is 30.5 Å². The standard InChI is InChI=1S/C13H14F3N3O/c14-13(15,16)8-1-2-9(18-3-8)4-19-10(20)11-5-12(17,6-11)7-11/h1-3H,4-7,17H2,(H,19,20). The molecule has 3 N–H and O–H groups in total. The van der Waals surface area contributed by atoms with Gasteiger partial charge in [-0.3, -0.25) is 9.78 Å². The van der Waals surface area contributed by atoms with E-state index in [0.717, 1.165) is 12.3 Å². The van der Waals surface area contributed by atoms with Crippen molar-refractivity contribution in [1.82, 2.24) is 10.3 Å². The second kappa shape index (κ2) is 3.94. The van der Waals surface area contributed by atoms with Crippen LogP contribution >= 0.6 is 0 Å². The molecule has 0 atom stereocenters. The van der Waals surface area contributed by atoms with Gasteiger partial charge in [0.25, 0.3) is 0 Å². The molecule has 3 fully saturated rings. The van der Waals surface area contributed by atoms with E-state index < -0.39 is 11.7 Å². The van der Waals surface area contributed by atoms with Crippen LogP contribution in [0.3, 0.4) is 0 Å². The highest BCUT2D eigenvalue weighted by Crippen LogP contribution is 2.65. The number of halogens is 3.